The van der Waals surface area contributed by atoms with Crippen molar-refractivity contribution in [2.45, 2.75) is 39.3 Å². The van der Waals surface area contributed by atoms with Crippen LogP contribution in [-0.2, 0) is 0 Å². The molecule has 0 saturated carbocycles. The molecule has 0 aliphatic heterocycles. The van der Waals surface area contributed by atoms with Crippen LogP contribution in [0.2, 0.25) is 0 Å². The molecule has 0 radical (unpaired) electrons. The lowest BCUT2D eigenvalue weighted by Crippen LogP contribution is -2.35. The van der Waals surface area contributed by atoms with Gasteiger partial charge in [-0.3, -0.25) is 0 Å². The van der Waals surface area contributed by atoms with E-state index in [1.807, 2.05) is 12.1 Å². The maximum atomic E-state index is 13.7. The summed E-state index contributed by atoms with van der Waals surface area (Å²) in [5.74, 6) is -0.117. The van der Waals surface area contributed by atoms with Crippen molar-refractivity contribution in [2.75, 3.05) is 20.1 Å². The maximum Gasteiger partial charge on any atom is 0.127 e. The SMILES string of the molecule is CCC(NCCN(C)C(C)C)c1ccccc1F. The number of nitrogens with zero attached hydrogens (tertiary/aromatic N) is 1. The quantitative estimate of drug-likeness (QED) is 0.801. The van der Waals surface area contributed by atoms with Crippen LogP contribution in [0, 0.1) is 5.82 Å². The molecule has 1 aromatic rings. The highest BCUT2D eigenvalue weighted by molar-refractivity contribution is 5.21. The van der Waals surface area contributed by atoms with Crippen LogP contribution in [0.1, 0.15) is 38.8 Å². The third-order valence-corrected chi connectivity index (χ3v) is 3.43. The summed E-state index contributed by atoms with van der Waals surface area (Å²) in [6.07, 6.45) is 0.895. The van der Waals surface area contributed by atoms with E-state index >= 15 is 0 Å². The molecular formula is C15H25FN2. The number of halogens is 1. The summed E-state index contributed by atoms with van der Waals surface area (Å²) >= 11 is 0. The van der Waals surface area contributed by atoms with Gasteiger partial charge in [0, 0.05) is 30.7 Å². The monoisotopic (exact) mass is 252 g/mol. The van der Waals surface area contributed by atoms with Crippen molar-refractivity contribution < 1.29 is 4.39 Å². The van der Waals surface area contributed by atoms with Crippen molar-refractivity contribution >= 4 is 0 Å². The molecule has 1 unspecified atom stereocenters. The summed E-state index contributed by atoms with van der Waals surface area (Å²) in [6.45, 7) is 8.28. The number of rotatable bonds is 7. The summed E-state index contributed by atoms with van der Waals surface area (Å²) < 4.78 is 13.7. The van der Waals surface area contributed by atoms with Crippen LogP contribution in [0.4, 0.5) is 4.39 Å². The Kier molecular flexibility index (Phi) is 6.30. The molecule has 0 aliphatic carbocycles. The van der Waals surface area contributed by atoms with Crippen LogP contribution >= 0.6 is 0 Å². The van der Waals surface area contributed by atoms with Crippen molar-refractivity contribution in [3.63, 3.8) is 0 Å². The molecule has 0 saturated heterocycles. The minimum absolute atomic E-state index is 0.103. The van der Waals surface area contributed by atoms with E-state index in [1.165, 1.54) is 6.07 Å². The van der Waals surface area contributed by atoms with Gasteiger partial charge in [0.1, 0.15) is 5.82 Å². The number of hydrogen-bond donors (Lipinski definition) is 1. The molecule has 0 bridgehead atoms. The third-order valence-electron chi connectivity index (χ3n) is 3.43. The molecule has 1 rings (SSSR count). The second kappa shape index (κ2) is 7.49. The van der Waals surface area contributed by atoms with Crippen LogP contribution in [0.15, 0.2) is 24.3 Å². The Morgan fingerprint density at radius 3 is 2.50 bits per heavy atom. The molecule has 18 heavy (non-hydrogen) atoms. The summed E-state index contributed by atoms with van der Waals surface area (Å²) in [5.41, 5.74) is 0.771. The first kappa shape index (κ1) is 15.1. The third kappa shape index (κ3) is 4.39. The minimum atomic E-state index is -0.117. The molecule has 0 fully saturated rings. The highest BCUT2D eigenvalue weighted by Gasteiger charge is 2.13. The van der Waals surface area contributed by atoms with E-state index in [1.54, 1.807) is 6.07 Å². The number of hydrogen-bond acceptors (Lipinski definition) is 2. The zero-order valence-electron chi connectivity index (χ0n) is 11.9. The summed E-state index contributed by atoms with van der Waals surface area (Å²) in [7, 11) is 2.11. The zero-order valence-corrected chi connectivity index (χ0v) is 11.9. The van der Waals surface area contributed by atoms with Crippen LogP contribution in [-0.4, -0.2) is 31.1 Å². The van der Waals surface area contributed by atoms with Crippen LogP contribution in [0.25, 0.3) is 0 Å². The number of benzene rings is 1. The summed E-state index contributed by atoms with van der Waals surface area (Å²) in [4.78, 5) is 2.28. The average molecular weight is 252 g/mol. The van der Waals surface area contributed by atoms with Gasteiger partial charge in [0.15, 0.2) is 0 Å². The number of likely N-dealkylation sites (N-methyl/N-ethyl adjacent to an activating group) is 1. The highest BCUT2D eigenvalue weighted by atomic mass is 19.1. The zero-order chi connectivity index (χ0) is 13.5. The fourth-order valence-electron chi connectivity index (χ4n) is 1.91. The first-order valence-electron chi connectivity index (χ1n) is 6.74. The Balaban J connectivity index is 2.51. The minimum Gasteiger partial charge on any atom is -0.309 e. The van der Waals surface area contributed by atoms with Crippen molar-refractivity contribution in [3.05, 3.63) is 35.6 Å². The second-order valence-electron chi connectivity index (χ2n) is 5.01. The second-order valence-corrected chi connectivity index (χ2v) is 5.01. The molecule has 1 N–H and O–H groups in total. The van der Waals surface area contributed by atoms with Crippen LogP contribution < -0.4 is 5.32 Å². The van der Waals surface area contributed by atoms with E-state index in [0.29, 0.717) is 6.04 Å². The molecule has 102 valence electrons. The molecule has 0 heterocycles. The Morgan fingerprint density at radius 2 is 1.94 bits per heavy atom. The van der Waals surface area contributed by atoms with Gasteiger partial charge in [0.05, 0.1) is 0 Å². The number of nitrogens with one attached hydrogen (secondary N) is 1. The van der Waals surface area contributed by atoms with Gasteiger partial charge in [-0.1, -0.05) is 25.1 Å². The van der Waals surface area contributed by atoms with Crippen LogP contribution in [0.3, 0.4) is 0 Å². The fraction of sp³-hybridized carbons (Fsp3) is 0.600. The normalized spacial score (nSPS) is 13.3. The predicted octanol–water partition coefficient (Wildman–Crippen LogP) is 3.21. The van der Waals surface area contributed by atoms with Crippen molar-refractivity contribution in [1.82, 2.24) is 10.2 Å². The Bertz CT molecular complexity index is 352. The first-order valence-corrected chi connectivity index (χ1v) is 6.74. The molecule has 0 spiro atoms. The molecule has 2 nitrogen and oxygen atoms in total. The van der Waals surface area contributed by atoms with Crippen LogP contribution in [0.5, 0.6) is 0 Å². The average Bonchev–Trinajstić information content (AvgIpc) is 2.35. The lowest BCUT2D eigenvalue weighted by molar-refractivity contribution is 0.268. The summed E-state index contributed by atoms with van der Waals surface area (Å²) in [5, 5.41) is 3.43. The molecule has 1 atom stereocenters. The van der Waals surface area contributed by atoms with Gasteiger partial charge in [-0.25, -0.2) is 4.39 Å². The molecule has 0 aromatic heterocycles. The van der Waals surface area contributed by atoms with Crippen molar-refractivity contribution in [2.24, 2.45) is 0 Å². The Morgan fingerprint density at radius 1 is 1.28 bits per heavy atom. The topological polar surface area (TPSA) is 15.3 Å². The largest absolute Gasteiger partial charge is 0.309 e. The molecule has 1 aromatic carbocycles. The van der Waals surface area contributed by atoms with E-state index in [4.69, 9.17) is 0 Å². The molecule has 3 heteroatoms. The van der Waals surface area contributed by atoms with Gasteiger partial charge in [-0.2, -0.15) is 0 Å². The van der Waals surface area contributed by atoms with Gasteiger partial charge < -0.3 is 10.2 Å². The Labute approximate surface area is 110 Å². The Hall–Kier alpha value is -0.930. The van der Waals surface area contributed by atoms with Crippen molar-refractivity contribution in [1.29, 1.82) is 0 Å². The van der Waals surface area contributed by atoms with E-state index < -0.39 is 0 Å². The van der Waals surface area contributed by atoms with E-state index in [-0.39, 0.29) is 11.9 Å². The molecule has 0 aliphatic rings. The predicted molar refractivity (Wildman–Crippen MR) is 75.2 cm³/mol. The standard InChI is InChI=1S/C15H25FN2/c1-5-15(13-8-6-7-9-14(13)16)17-10-11-18(4)12(2)3/h6-9,12,15,17H,5,10-11H2,1-4H3. The summed E-state index contributed by atoms with van der Waals surface area (Å²) in [6, 6.07) is 7.66. The maximum absolute atomic E-state index is 13.7. The van der Waals surface area contributed by atoms with E-state index in [0.717, 1.165) is 25.1 Å². The van der Waals surface area contributed by atoms with Gasteiger partial charge in [0.25, 0.3) is 0 Å². The van der Waals surface area contributed by atoms with Gasteiger partial charge in [-0.05, 0) is 33.4 Å². The highest BCUT2D eigenvalue weighted by Crippen LogP contribution is 2.19. The van der Waals surface area contributed by atoms with Gasteiger partial charge in [0.2, 0.25) is 0 Å². The lowest BCUT2D eigenvalue weighted by Gasteiger charge is -2.23. The molecule has 0 amide bonds. The lowest BCUT2D eigenvalue weighted by atomic mass is 10.0. The smallest absolute Gasteiger partial charge is 0.127 e. The van der Waals surface area contributed by atoms with Gasteiger partial charge in [-0.15, -0.1) is 0 Å². The van der Waals surface area contributed by atoms with E-state index in [9.17, 15) is 4.39 Å². The van der Waals surface area contributed by atoms with Crippen molar-refractivity contribution in [3.8, 4) is 0 Å². The fourth-order valence-corrected chi connectivity index (χ4v) is 1.91. The van der Waals surface area contributed by atoms with E-state index in [2.05, 4.69) is 38.0 Å². The van der Waals surface area contributed by atoms with Gasteiger partial charge >= 0.3 is 0 Å². The molecular weight excluding hydrogens is 227 g/mol. The first-order chi connectivity index (χ1) is 8.56.